The van der Waals surface area contributed by atoms with Gasteiger partial charge in [0, 0.05) is 12.7 Å². The Balaban J connectivity index is 2.27. The van der Waals surface area contributed by atoms with Gasteiger partial charge in [0.15, 0.2) is 0 Å². The lowest BCUT2D eigenvalue weighted by atomic mass is 10.3. The molecule has 0 radical (unpaired) electrons. The van der Waals surface area contributed by atoms with Crippen LogP contribution in [0.1, 0.15) is 19.8 Å². The molecule has 4 nitrogen and oxygen atoms in total. The number of carbonyl (C=O) groups excluding carboxylic acids is 1. The molecule has 0 bridgehead atoms. The molecule has 1 heterocycles. The molecule has 0 saturated heterocycles. The van der Waals surface area contributed by atoms with Crippen molar-refractivity contribution in [3.05, 3.63) is 24.5 Å². The summed E-state index contributed by atoms with van der Waals surface area (Å²) in [6.07, 6.45) is 5.35. The lowest BCUT2D eigenvalue weighted by molar-refractivity contribution is 0.252. The van der Waals surface area contributed by atoms with E-state index in [9.17, 15) is 4.79 Å². The van der Waals surface area contributed by atoms with Crippen molar-refractivity contribution in [2.75, 3.05) is 11.9 Å². The minimum absolute atomic E-state index is 0.175. The lowest BCUT2D eigenvalue weighted by Gasteiger charge is -2.05. The van der Waals surface area contributed by atoms with Crippen LogP contribution in [-0.2, 0) is 0 Å². The van der Waals surface area contributed by atoms with Crippen LogP contribution < -0.4 is 10.6 Å². The predicted molar refractivity (Wildman–Crippen MR) is 56.2 cm³/mol. The van der Waals surface area contributed by atoms with E-state index in [-0.39, 0.29) is 6.03 Å². The van der Waals surface area contributed by atoms with Crippen molar-refractivity contribution in [3.63, 3.8) is 0 Å². The standard InChI is InChI=1S/C10H15N3O/c1-2-3-7-12-10(14)13-9-5-4-6-11-8-9/h4-6,8H,2-3,7H2,1H3,(H2,12,13,14). The number of hydrogen-bond donors (Lipinski definition) is 2. The highest BCUT2D eigenvalue weighted by atomic mass is 16.2. The SMILES string of the molecule is CCCCNC(=O)Nc1cccnc1. The van der Waals surface area contributed by atoms with Gasteiger partial charge in [-0.15, -0.1) is 0 Å². The molecule has 0 atom stereocenters. The number of nitrogens with zero attached hydrogens (tertiary/aromatic N) is 1. The van der Waals surface area contributed by atoms with Gasteiger partial charge in [0.1, 0.15) is 0 Å². The van der Waals surface area contributed by atoms with Crippen LogP contribution in [0.25, 0.3) is 0 Å². The van der Waals surface area contributed by atoms with Crippen LogP contribution in [0, 0.1) is 0 Å². The average Bonchev–Trinajstić information content (AvgIpc) is 2.20. The van der Waals surface area contributed by atoms with Crippen molar-refractivity contribution in [1.29, 1.82) is 0 Å². The summed E-state index contributed by atoms with van der Waals surface area (Å²) in [5.41, 5.74) is 0.710. The molecule has 14 heavy (non-hydrogen) atoms. The zero-order valence-electron chi connectivity index (χ0n) is 8.29. The Morgan fingerprint density at radius 2 is 2.43 bits per heavy atom. The first-order chi connectivity index (χ1) is 6.83. The zero-order valence-corrected chi connectivity index (χ0v) is 8.29. The first-order valence-corrected chi connectivity index (χ1v) is 4.78. The minimum Gasteiger partial charge on any atom is -0.338 e. The first-order valence-electron chi connectivity index (χ1n) is 4.78. The summed E-state index contributed by atoms with van der Waals surface area (Å²) in [4.78, 5) is 15.1. The van der Waals surface area contributed by atoms with Gasteiger partial charge in [-0.2, -0.15) is 0 Å². The van der Waals surface area contributed by atoms with Crippen molar-refractivity contribution < 1.29 is 4.79 Å². The fraction of sp³-hybridized carbons (Fsp3) is 0.400. The van der Waals surface area contributed by atoms with E-state index in [0.29, 0.717) is 12.2 Å². The molecule has 76 valence electrons. The molecule has 0 aliphatic rings. The second kappa shape index (κ2) is 5.96. The number of pyridine rings is 1. The Labute approximate surface area is 83.7 Å². The second-order valence-electron chi connectivity index (χ2n) is 2.98. The molecule has 0 aliphatic heterocycles. The molecule has 0 fully saturated rings. The van der Waals surface area contributed by atoms with E-state index in [4.69, 9.17) is 0 Å². The Kier molecular flexibility index (Phi) is 4.47. The third-order valence-corrected chi connectivity index (χ3v) is 1.74. The molecule has 0 aliphatic carbocycles. The van der Waals surface area contributed by atoms with Crippen molar-refractivity contribution in [2.24, 2.45) is 0 Å². The number of unbranched alkanes of at least 4 members (excludes halogenated alkanes) is 1. The summed E-state index contributed by atoms with van der Waals surface area (Å²) in [5.74, 6) is 0. The number of carbonyl (C=O) groups is 1. The van der Waals surface area contributed by atoms with Gasteiger partial charge in [0.05, 0.1) is 11.9 Å². The number of nitrogens with one attached hydrogen (secondary N) is 2. The van der Waals surface area contributed by atoms with E-state index in [1.807, 2.05) is 0 Å². The van der Waals surface area contributed by atoms with Crippen molar-refractivity contribution in [1.82, 2.24) is 10.3 Å². The van der Waals surface area contributed by atoms with E-state index < -0.39 is 0 Å². The molecule has 4 heteroatoms. The first kappa shape index (κ1) is 10.5. The number of hydrogen-bond acceptors (Lipinski definition) is 2. The third kappa shape index (κ3) is 3.89. The molecular formula is C10H15N3O. The maximum Gasteiger partial charge on any atom is 0.319 e. The van der Waals surface area contributed by atoms with Crippen molar-refractivity contribution in [3.8, 4) is 0 Å². The van der Waals surface area contributed by atoms with Gasteiger partial charge in [-0.1, -0.05) is 13.3 Å². The number of amides is 2. The molecule has 0 saturated carbocycles. The molecule has 2 amide bonds. The predicted octanol–water partition coefficient (Wildman–Crippen LogP) is 2.00. The molecule has 2 N–H and O–H groups in total. The number of anilines is 1. The van der Waals surface area contributed by atoms with Crippen LogP contribution in [0.4, 0.5) is 10.5 Å². The van der Waals surface area contributed by atoms with Gasteiger partial charge in [0.2, 0.25) is 0 Å². The molecule has 1 aromatic heterocycles. The average molecular weight is 193 g/mol. The van der Waals surface area contributed by atoms with Crippen molar-refractivity contribution >= 4 is 11.7 Å². The maximum absolute atomic E-state index is 11.2. The van der Waals surface area contributed by atoms with Gasteiger partial charge in [-0.25, -0.2) is 4.79 Å². The second-order valence-corrected chi connectivity index (χ2v) is 2.98. The van der Waals surface area contributed by atoms with Gasteiger partial charge >= 0.3 is 6.03 Å². The van der Waals surface area contributed by atoms with Crippen molar-refractivity contribution in [2.45, 2.75) is 19.8 Å². The summed E-state index contributed by atoms with van der Waals surface area (Å²) in [7, 11) is 0. The monoisotopic (exact) mass is 193 g/mol. The summed E-state index contributed by atoms with van der Waals surface area (Å²) in [5, 5.41) is 5.44. The highest BCUT2D eigenvalue weighted by Gasteiger charge is 1.98. The zero-order chi connectivity index (χ0) is 10.2. The van der Waals surface area contributed by atoms with Crippen LogP contribution >= 0.6 is 0 Å². The van der Waals surface area contributed by atoms with Gasteiger partial charge in [-0.05, 0) is 18.6 Å². The van der Waals surface area contributed by atoms with Crippen LogP contribution in [0.2, 0.25) is 0 Å². The Morgan fingerprint density at radius 3 is 3.07 bits per heavy atom. The van der Waals surface area contributed by atoms with E-state index in [1.165, 1.54) is 0 Å². The number of urea groups is 1. The van der Waals surface area contributed by atoms with E-state index in [1.54, 1.807) is 24.5 Å². The number of rotatable bonds is 4. The number of aromatic nitrogens is 1. The quantitative estimate of drug-likeness (QED) is 0.718. The normalized spacial score (nSPS) is 9.50. The third-order valence-electron chi connectivity index (χ3n) is 1.74. The fourth-order valence-electron chi connectivity index (χ4n) is 0.991. The molecule has 0 spiro atoms. The summed E-state index contributed by atoms with van der Waals surface area (Å²) >= 11 is 0. The summed E-state index contributed by atoms with van der Waals surface area (Å²) in [6.45, 7) is 2.79. The molecule has 0 unspecified atom stereocenters. The summed E-state index contributed by atoms with van der Waals surface area (Å²) < 4.78 is 0. The topological polar surface area (TPSA) is 54.0 Å². The minimum atomic E-state index is -0.175. The molecule has 1 rings (SSSR count). The van der Waals surface area contributed by atoms with E-state index in [0.717, 1.165) is 12.8 Å². The highest BCUT2D eigenvalue weighted by Crippen LogP contribution is 2.01. The molecular weight excluding hydrogens is 178 g/mol. The Hall–Kier alpha value is -1.58. The van der Waals surface area contributed by atoms with Crippen LogP contribution in [0.5, 0.6) is 0 Å². The van der Waals surface area contributed by atoms with Crippen LogP contribution in [0.15, 0.2) is 24.5 Å². The summed E-state index contributed by atoms with van der Waals surface area (Å²) in [6, 6.07) is 3.40. The largest absolute Gasteiger partial charge is 0.338 e. The Morgan fingerprint density at radius 1 is 1.57 bits per heavy atom. The Bertz CT molecular complexity index is 274. The van der Waals surface area contributed by atoms with Crippen LogP contribution in [0.3, 0.4) is 0 Å². The van der Waals surface area contributed by atoms with Gasteiger partial charge in [0.25, 0.3) is 0 Å². The van der Waals surface area contributed by atoms with Gasteiger partial charge < -0.3 is 10.6 Å². The molecule has 1 aromatic rings. The van der Waals surface area contributed by atoms with Gasteiger partial charge in [-0.3, -0.25) is 4.98 Å². The fourth-order valence-corrected chi connectivity index (χ4v) is 0.991. The van der Waals surface area contributed by atoms with Crippen LogP contribution in [-0.4, -0.2) is 17.6 Å². The highest BCUT2D eigenvalue weighted by molar-refractivity contribution is 5.88. The maximum atomic E-state index is 11.2. The lowest BCUT2D eigenvalue weighted by Crippen LogP contribution is -2.29. The smallest absolute Gasteiger partial charge is 0.319 e. The van der Waals surface area contributed by atoms with E-state index in [2.05, 4.69) is 22.5 Å². The van der Waals surface area contributed by atoms with E-state index >= 15 is 0 Å². The molecule has 0 aromatic carbocycles.